The van der Waals surface area contributed by atoms with Crippen LogP contribution in [0.4, 0.5) is 15.2 Å². The van der Waals surface area contributed by atoms with E-state index in [-0.39, 0.29) is 5.75 Å². The van der Waals surface area contributed by atoms with Crippen molar-refractivity contribution in [3.05, 3.63) is 28.9 Å². The normalized spacial score (nSPS) is 10.4. The minimum atomic E-state index is -0.653. The van der Waals surface area contributed by atoms with Crippen molar-refractivity contribution in [1.29, 1.82) is 0 Å². The summed E-state index contributed by atoms with van der Waals surface area (Å²) in [5.41, 5.74) is 0.585. The van der Waals surface area contributed by atoms with E-state index < -0.39 is 5.82 Å². The molecular weight excluding hydrogens is 281 g/mol. The van der Waals surface area contributed by atoms with Crippen molar-refractivity contribution in [2.24, 2.45) is 0 Å². The quantitative estimate of drug-likeness (QED) is 0.831. The summed E-state index contributed by atoms with van der Waals surface area (Å²) in [4.78, 5) is 7.16. The fourth-order valence-electron chi connectivity index (χ4n) is 1.59. The van der Waals surface area contributed by atoms with Gasteiger partial charge >= 0.3 is 0 Å². The summed E-state index contributed by atoms with van der Waals surface area (Å²) < 4.78 is 18.5. The summed E-state index contributed by atoms with van der Waals surface area (Å²) in [7, 11) is 5.38. The number of phenols is 1. The number of aromatic hydroxyl groups is 1. The molecule has 0 atom stereocenters. The van der Waals surface area contributed by atoms with Crippen LogP contribution in [-0.2, 0) is 6.54 Å². The number of hydrogen-bond donors (Lipinski definition) is 2. The average Bonchev–Trinajstić information content (AvgIpc) is 2.83. The number of hydrogen-bond acceptors (Lipinski definition) is 6. The van der Waals surface area contributed by atoms with E-state index in [0.717, 1.165) is 10.0 Å². The van der Waals surface area contributed by atoms with Gasteiger partial charge in [-0.25, -0.2) is 4.39 Å². The molecule has 108 valence electrons. The van der Waals surface area contributed by atoms with E-state index in [0.29, 0.717) is 18.1 Å². The molecule has 0 bridgehead atoms. The Morgan fingerprint density at radius 2 is 2.20 bits per heavy atom. The first-order valence-electron chi connectivity index (χ1n) is 5.94. The van der Waals surface area contributed by atoms with Crippen LogP contribution < -0.4 is 15.0 Å². The zero-order valence-electron chi connectivity index (χ0n) is 11.5. The summed E-state index contributed by atoms with van der Waals surface area (Å²) in [6.45, 7) is 0.471. The van der Waals surface area contributed by atoms with Gasteiger partial charge in [-0.3, -0.25) is 0 Å². The smallest absolute Gasteiger partial charge is 0.231 e. The molecule has 0 aliphatic carbocycles. The van der Waals surface area contributed by atoms with Crippen molar-refractivity contribution in [2.75, 3.05) is 31.4 Å². The molecule has 0 aliphatic heterocycles. The zero-order chi connectivity index (χ0) is 14.7. The fraction of sp³-hybridized carbons (Fsp3) is 0.308. The highest BCUT2D eigenvalue weighted by molar-refractivity contribution is 7.15. The Balaban J connectivity index is 2.11. The van der Waals surface area contributed by atoms with Crippen LogP contribution in [0.15, 0.2) is 18.2 Å². The first-order chi connectivity index (χ1) is 9.51. The highest BCUT2D eigenvalue weighted by atomic mass is 32.1. The van der Waals surface area contributed by atoms with Crippen molar-refractivity contribution >= 4 is 22.2 Å². The number of nitrogens with zero attached hydrogens (tertiary/aromatic N) is 2. The van der Waals surface area contributed by atoms with E-state index in [4.69, 9.17) is 9.84 Å². The molecular formula is C13H16FN3O2S. The topological polar surface area (TPSA) is 57.6 Å². The number of thiazole rings is 1. The summed E-state index contributed by atoms with van der Waals surface area (Å²) >= 11 is 1.50. The van der Waals surface area contributed by atoms with Gasteiger partial charge < -0.3 is 20.1 Å². The van der Waals surface area contributed by atoms with Gasteiger partial charge in [0, 0.05) is 25.8 Å². The van der Waals surface area contributed by atoms with Gasteiger partial charge in [-0.1, -0.05) is 11.3 Å². The van der Waals surface area contributed by atoms with Crippen molar-refractivity contribution < 1.29 is 14.2 Å². The zero-order valence-corrected chi connectivity index (χ0v) is 12.3. The van der Waals surface area contributed by atoms with Crippen LogP contribution in [0.2, 0.25) is 0 Å². The second-order valence-electron chi connectivity index (χ2n) is 4.34. The van der Waals surface area contributed by atoms with Crippen LogP contribution in [0.3, 0.4) is 0 Å². The lowest BCUT2D eigenvalue weighted by atomic mass is 10.3. The average molecular weight is 297 g/mol. The summed E-state index contributed by atoms with van der Waals surface area (Å²) in [5.74, 6) is -0.452. The molecule has 20 heavy (non-hydrogen) atoms. The van der Waals surface area contributed by atoms with Crippen molar-refractivity contribution in [2.45, 2.75) is 6.54 Å². The van der Waals surface area contributed by atoms with Gasteiger partial charge in [-0.15, -0.1) is 0 Å². The third-order valence-electron chi connectivity index (χ3n) is 2.63. The molecule has 1 aromatic carbocycles. The van der Waals surface area contributed by atoms with Crippen LogP contribution in [0, 0.1) is 5.82 Å². The standard InChI is InChI=1S/C13H16FN3O2S/c1-17(2)13-16-12(19-3)11(20-13)7-15-8-4-5-10(18)9(14)6-8/h4-6,15,18H,7H2,1-3H3. The Hall–Kier alpha value is -2.02. The van der Waals surface area contributed by atoms with Crippen LogP contribution in [0.25, 0.3) is 0 Å². The summed E-state index contributed by atoms with van der Waals surface area (Å²) in [5, 5.41) is 13.1. The van der Waals surface area contributed by atoms with Gasteiger partial charge in [0.1, 0.15) is 0 Å². The lowest BCUT2D eigenvalue weighted by Gasteiger charge is -2.06. The van der Waals surface area contributed by atoms with Crippen LogP contribution in [-0.4, -0.2) is 31.3 Å². The maximum Gasteiger partial charge on any atom is 0.231 e. The van der Waals surface area contributed by atoms with Gasteiger partial charge in [0.15, 0.2) is 16.7 Å². The molecule has 2 rings (SSSR count). The van der Waals surface area contributed by atoms with E-state index in [1.807, 2.05) is 19.0 Å². The maximum atomic E-state index is 13.2. The third kappa shape index (κ3) is 3.11. The molecule has 0 aliphatic rings. The number of benzene rings is 1. The molecule has 2 N–H and O–H groups in total. The van der Waals surface area contributed by atoms with Gasteiger partial charge in [0.05, 0.1) is 18.5 Å². The first kappa shape index (κ1) is 14.4. The second kappa shape index (κ2) is 5.96. The Morgan fingerprint density at radius 3 is 2.80 bits per heavy atom. The monoisotopic (exact) mass is 297 g/mol. The van der Waals surface area contributed by atoms with Crippen molar-refractivity contribution in [3.63, 3.8) is 0 Å². The predicted molar refractivity (Wildman–Crippen MR) is 78.4 cm³/mol. The molecule has 0 saturated carbocycles. The highest BCUT2D eigenvalue weighted by Crippen LogP contribution is 2.31. The first-order valence-corrected chi connectivity index (χ1v) is 6.76. The van der Waals surface area contributed by atoms with E-state index >= 15 is 0 Å². The summed E-state index contributed by atoms with van der Waals surface area (Å²) in [6.07, 6.45) is 0. The molecule has 0 fully saturated rings. The van der Waals surface area contributed by atoms with E-state index in [9.17, 15) is 4.39 Å². The second-order valence-corrected chi connectivity index (χ2v) is 5.41. The van der Waals surface area contributed by atoms with Gasteiger partial charge in [-0.2, -0.15) is 4.98 Å². The Labute approximate surface area is 120 Å². The molecule has 0 amide bonds. The molecule has 0 spiro atoms. The number of anilines is 2. The fourth-order valence-corrected chi connectivity index (χ4v) is 2.48. The molecule has 0 radical (unpaired) electrons. The highest BCUT2D eigenvalue weighted by Gasteiger charge is 2.13. The number of aromatic nitrogens is 1. The van der Waals surface area contributed by atoms with Gasteiger partial charge in [0.25, 0.3) is 0 Å². The van der Waals surface area contributed by atoms with Gasteiger partial charge in [-0.05, 0) is 12.1 Å². The maximum absolute atomic E-state index is 13.2. The number of nitrogens with one attached hydrogen (secondary N) is 1. The largest absolute Gasteiger partial charge is 0.505 e. The number of rotatable bonds is 5. The lowest BCUT2D eigenvalue weighted by molar-refractivity contribution is 0.397. The van der Waals surface area contributed by atoms with Crippen molar-refractivity contribution in [3.8, 4) is 11.6 Å². The Bertz CT molecular complexity index is 601. The molecule has 1 aromatic heterocycles. The number of ether oxygens (including phenoxy) is 1. The molecule has 1 heterocycles. The van der Waals surface area contributed by atoms with Crippen LogP contribution in [0.1, 0.15) is 4.88 Å². The molecule has 7 heteroatoms. The van der Waals surface area contributed by atoms with Crippen molar-refractivity contribution in [1.82, 2.24) is 4.98 Å². The van der Waals surface area contributed by atoms with Crippen LogP contribution in [0.5, 0.6) is 11.6 Å². The molecule has 5 nitrogen and oxygen atoms in total. The number of halogens is 1. The summed E-state index contributed by atoms with van der Waals surface area (Å²) in [6, 6.07) is 4.17. The number of phenolic OH excluding ortho intramolecular Hbond substituents is 1. The van der Waals surface area contributed by atoms with Crippen LogP contribution >= 0.6 is 11.3 Å². The number of methoxy groups -OCH3 is 1. The molecule has 2 aromatic rings. The van der Waals surface area contributed by atoms with E-state index in [2.05, 4.69) is 10.3 Å². The third-order valence-corrected chi connectivity index (χ3v) is 3.83. The molecule has 0 saturated heterocycles. The SMILES string of the molecule is COc1nc(N(C)C)sc1CNc1ccc(O)c(F)c1. The minimum Gasteiger partial charge on any atom is -0.505 e. The lowest BCUT2D eigenvalue weighted by Crippen LogP contribution is -2.07. The predicted octanol–water partition coefficient (Wildman–Crippen LogP) is 2.67. The minimum absolute atomic E-state index is 0.360. The van der Waals surface area contributed by atoms with E-state index in [1.54, 1.807) is 13.2 Å². The molecule has 0 unspecified atom stereocenters. The van der Waals surface area contributed by atoms with Gasteiger partial charge in [0.2, 0.25) is 5.88 Å². The van der Waals surface area contributed by atoms with E-state index in [1.165, 1.54) is 23.5 Å². The Kier molecular flexibility index (Phi) is 4.29. The Morgan fingerprint density at radius 1 is 1.45 bits per heavy atom.